The van der Waals surface area contributed by atoms with Gasteiger partial charge < -0.3 is 4.57 Å². The van der Waals surface area contributed by atoms with Crippen LogP contribution in [0.15, 0.2) is 89.3 Å². The molecule has 0 bridgehead atoms. The number of nitrogens with zero attached hydrogens (tertiary/aromatic N) is 2. The lowest BCUT2D eigenvalue weighted by Gasteiger charge is -2.09. The monoisotopic (exact) mass is 477 g/mol. The highest BCUT2D eigenvalue weighted by Crippen LogP contribution is 2.20. The Kier molecular flexibility index (Phi) is 6.31. The summed E-state index contributed by atoms with van der Waals surface area (Å²) < 4.78 is 30.9. The van der Waals surface area contributed by atoms with Crippen molar-refractivity contribution in [2.24, 2.45) is 4.99 Å². The first-order valence-corrected chi connectivity index (χ1v) is 12.6. The quantitative estimate of drug-likeness (QED) is 0.395. The summed E-state index contributed by atoms with van der Waals surface area (Å²) in [6, 6.07) is 19.0. The summed E-state index contributed by atoms with van der Waals surface area (Å²) >= 11 is 1.43. The molecule has 0 atom stereocenters. The number of nitrogens with one attached hydrogen (secondary N) is 1. The Hall–Kier alpha value is -3.49. The minimum atomic E-state index is -3.77. The summed E-state index contributed by atoms with van der Waals surface area (Å²) in [7, 11) is -3.77. The molecule has 0 radical (unpaired) electrons. The van der Waals surface area contributed by atoms with Crippen molar-refractivity contribution in [3.63, 3.8) is 0 Å². The van der Waals surface area contributed by atoms with Crippen LogP contribution in [0.4, 0.5) is 5.69 Å². The normalized spacial score (nSPS) is 12.1. The lowest BCUT2D eigenvalue weighted by molar-refractivity contribution is 0.0998. The van der Waals surface area contributed by atoms with Gasteiger partial charge in [0.1, 0.15) is 0 Å². The molecule has 0 fully saturated rings. The Morgan fingerprint density at radius 1 is 1.06 bits per heavy atom. The first kappa shape index (κ1) is 22.7. The van der Waals surface area contributed by atoms with Crippen LogP contribution in [0.1, 0.15) is 21.5 Å². The molecule has 0 aliphatic rings. The van der Waals surface area contributed by atoms with Gasteiger partial charge in [0.15, 0.2) is 4.80 Å². The minimum Gasteiger partial charge on any atom is -0.312 e. The third kappa shape index (κ3) is 4.97. The van der Waals surface area contributed by atoms with Crippen LogP contribution in [0.5, 0.6) is 0 Å². The van der Waals surface area contributed by atoms with Gasteiger partial charge in [0.25, 0.3) is 15.9 Å². The van der Waals surface area contributed by atoms with Crippen LogP contribution in [0, 0.1) is 13.8 Å². The van der Waals surface area contributed by atoms with Gasteiger partial charge in [0.2, 0.25) is 0 Å². The molecule has 33 heavy (non-hydrogen) atoms. The first-order chi connectivity index (χ1) is 15.8. The summed E-state index contributed by atoms with van der Waals surface area (Å²) in [4.78, 5) is 18.0. The molecular formula is C25H23N3O3S2. The van der Waals surface area contributed by atoms with Gasteiger partial charge in [-0.3, -0.25) is 9.52 Å². The van der Waals surface area contributed by atoms with E-state index in [0.717, 1.165) is 21.3 Å². The van der Waals surface area contributed by atoms with Crippen LogP contribution in [-0.2, 0) is 16.6 Å². The van der Waals surface area contributed by atoms with E-state index in [2.05, 4.69) is 22.4 Å². The van der Waals surface area contributed by atoms with Gasteiger partial charge in [-0.15, -0.1) is 6.58 Å². The molecule has 6 nitrogen and oxygen atoms in total. The van der Waals surface area contributed by atoms with Gasteiger partial charge in [-0.05, 0) is 61.9 Å². The maximum absolute atomic E-state index is 13.0. The molecule has 0 aliphatic heterocycles. The Balaban J connectivity index is 1.67. The summed E-state index contributed by atoms with van der Waals surface area (Å²) in [5.74, 6) is -0.451. The molecule has 0 spiro atoms. The molecule has 0 saturated heterocycles. The van der Waals surface area contributed by atoms with Crippen molar-refractivity contribution < 1.29 is 13.2 Å². The van der Waals surface area contributed by atoms with Crippen molar-refractivity contribution in [2.75, 3.05) is 4.72 Å². The number of carbonyl (C=O) groups excluding carboxylic acids is 1. The average Bonchev–Trinajstić information content (AvgIpc) is 3.10. The number of rotatable bonds is 6. The number of aromatic nitrogens is 1. The number of anilines is 1. The van der Waals surface area contributed by atoms with Crippen LogP contribution in [-0.4, -0.2) is 18.9 Å². The van der Waals surface area contributed by atoms with Crippen molar-refractivity contribution in [1.29, 1.82) is 0 Å². The predicted molar refractivity (Wildman–Crippen MR) is 133 cm³/mol. The van der Waals surface area contributed by atoms with E-state index in [4.69, 9.17) is 0 Å². The molecule has 168 valence electrons. The Morgan fingerprint density at radius 3 is 2.52 bits per heavy atom. The highest BCUT2D eigenvalue weighted by Gasteiger charge is 2.15. The molecule has 0 unspecified atom stereocenters. The van der Waals surface area contributed by atoms with Crippen molar-refractivity contribution in [3.05, 3.63) is 101 Å². The average molecular weight is 478 g/mol. The molecule has 4 rings (SSSR count). The van der Waals surface area contributed by atoms with Gasteiger partial charge in [-0.1, -0.05) is 47.2 Å². The van der Waals surface area contributed by atoms with E-state index in [-0.39, 0.29) is 10.5 Å². The van der Waals surface area contributed by atoms with Crippen molar-refractivity contribution in [1.82, 2.24) is 4.57 Å². The van der Waals surface area contributed by atoms with Crippen LogP contribution in [0.25, 0.3) is 10.2 Å². The third-order valence-corrected chi connectivity index (χ3v) is 7.48. The topological polar surface area (TPSA) is 80.5 Å². The van der Waals surface area contributed by atoms with Gasteiger partial charge >= 0.3 is 0 Å². The maximum Gasteiger partial charge on any atom is 0.279 e. The van der Waals surface area contributed by atoms with Gasteiger partial charge in [-0.2, -0.15) is 4.99 Å². The second kappa shape index (κ2) is 9.17. The Labute approximate surface area is 196 Å². The highest BCUT2D eigenvalue weighted by atomic mass is 32.2. The van der Waals surface area contributed by atoms with Crippen LogP contribution in [0.3, 0.4) is 0 Å². The van der Waals surface area contributed by atoms with E-state index in [9.17, 15) is 13.2 Å². The summed E-state index contributed by atoms with van der Waals surface area (Å²) in [5.41, 5.74) is 3.66. The Bertz CT molecular complexity index is 1530. The molecule has 1 amide bonds. The fraction of sp³-hybridized carbons (Fsp3) is 0.120. The molecule has 0 saturated carbocycles. The second-order valence-electron chi connectivity index (χ2n) is 7.67. The van der Waals surface area contributed by atoms with E-state index in [1.165, 1.54) is 17.4 Å². The summed E-state index contributed by atoms with van der Waals surface area (Å²) in [6.45, 7) is 8.23. The summed E-state index contributed by atoms with van der Waals surface area (Å²) in [5, 5.41) is 0. The number of fused-ring (bicyclic) bond motifs is 1. The molecule has 1 N–H and O–H groups in total. The largest absolute Gasteiger partial charge is 0.312 e. The van der Waals surface area contributed by atoms with E-state index in [0.29, 0.717) is 17.0 Å². The van der Waals surface area contributed by atoms with Crippen LogP contribution >= 0.6 is 11.3 Å². The number of hydrogen-bond acceptors (Lipinski definition) is 4. The van der Waals surface area contributed by atoms with Crippen molar-refractivity contribution in [2.45, 2.75) is 25.3 Å². The van der Waals surface area contributed by atoms with Gasteiger partial charge in [0, 0.05) is 17.8 Å². The fourth-order valence-corrected chi connectivity index (χ4v) is 5.56. The second-order valence-corrected chi connectivity index (χ2v) is 10.4. The van der Waals surface area contributed by atoms with E-state index in [1.54, 1.807) is 48.5 Å². The van der Waals surface area contributed by atoms with Crippen molar-refractivity contribution >= 4 is 43.2 Å². The van der Waals surface area contributed by atoms with E-state index < -0.39 is 15.9 Å². The number of hydrogen-bond donors (Lipinski definition) is 1. The fourth-order valence-electron chi connectivity index (χ4n) is 3.37. The molecule has 1 heterocycles. The van der Waals surface area contributed by atoms with Gasteiger partial charge in [-0.25, -0.2) is 8.42 Å². The first-order valence-electron chi connectivity index (χ1n) is 10.3. The smallest absolute Gasteiger partial charge is 0.279 e. The number of aryl methyl sites for hydroxylation is 2. The number of thiazole rings is 1. The van der Waals surface area contributed by atoms with E-state index in [1.807, 2.05) is 30.5 Å². The number of benzene rings is 3. The number of carbonyl (C=O) groups is 1. The minimum absolute atomic E-state index is 0.153. The molecule has 0 aliphatic carbocycles. The SMILES string of the molecule is C=CCn1c(=NC(=O)c2cccc(NS(=O)(=O)c3ccc(C)cc3)c2)sc2cc(C)ccc21. The van der Waals surface area contributed by atoms with Gasteiger partial charge in [0.05, 0.1) is 15.1 Å². The molecule has 1 aromatic heterocycles. The maximum atomic E-state index is 13.0. The number of amides is 1. The van der Waals surface area contributed by atoms with Crippen LogP contribution < -0.4 is 9.52 Å². The number of sulfonamides is 1. The molecule has 3 aromatic carbocycles. The molecule has 4 aromatic rings. The van der Waals surface area contributed by atoms with Crippen LogP contribution in [0.2, 0.25) is 0 Å². The Morgan fingerprint density at radius 2 is 1.79 bits per heavy atom. The van der Waals surface area contributed by atoms with E-state index >= 15 is 0 Å². The summed E-state index contributed by atoms with van der Waals surface area (Å²) in [6.07, 6.45) is 1.76. The zero-order valence-electron chi connectivity index (χ0n) is 18.3. The van der Waals surface area contributed by atoms with Crippen molar-refractivity contribution in [3.8, 4) is 0 Å². The predicted octanol–water partition coefficient (Wildman–Crippen LogP) is 5.05. The molecule has 8 heteroatoms. The number of allylic oxidation sites excluding steroid dienone is 1. The highest BCUT2D eigenvalue weighted by molar-refractivity contribution is 7.92. The molecular weight excluding hydrogens is 454 g/mol. The lowest BCUT2D eigenvalue weighted by atomic mass is 10.2. The third-order valence-electron chi connectivity index (χ3n) is 5.04. The lowest BCUT2D eigenvalue weighted by Crippen LogP contribution is -2.16. The standard InChI is InChI=1S/C25H23N3O3S2/c1-4-14-28-22-13-10-18(3)15-23(22)32-25(28)26-24(29)19-6-5-7-20(16-19)27-33(30,31)21-11-8-17(2)9-12-21/h4-13,15-16,27H,1,14H2,2-3H3. The zero-order chi connectivity index (χ0) is 23.6. The zero-order valence-corrected chi connectivity index (χ0v) is 19.9.